The smallest absolute Gasteiger partial charge is 0.234 e. The van der Waals surface area contributed by atoms with Crippen molar-refractivity contribution in [3.05, 3.63) is 0 Å². The average Bonchev–Trinajstić information content (AvgIpc) is 2.17. The number of carbonyl (C=O) groups excluding carboxylic acids is 1. The number of amides is 1. The average molecular weight is 194 g/mol. The number of nitrogens with one attached hydrogen (secondary N) is 1. The largest absolute Gasteiger partial charge is 0.354 e. The van der Waals surface area contributed by atoms with Gasteiger partial charge in [-0.05, 0) is 6.54 Å². The third-order valence-corrected chi connectivity index (χ3v) is 1.67. The molecule has 0 fully saturated rings. The van der Waals surface area contributed by atoms with Gasteiger partial charge in [-0.3, -0.25) is 9.69 Å². The van der Waals surface area contributed by atoms with Crippen LogP contribution in [0.15, 0.2) is 0 Å². The van der Waals surface area contributed by atoms with Crippen molar-refractivity contribution in [2.75, 3.05) is 26.2 Å². The SMILES string of the molecule is CCN(CC#N)CC(=O)NCCC#N. The third-order valence-electron chi connectivity index (χ3n) is 1.67. The van der Waals surface area contributed by atoms with E-state index in [0.717, 1.165) is 0 Å². The third kappa shape index (κ3) is 5.99. The van der Waals surface area contributed by atoms with Crippen molar-refractivity contribution in [1.29, 1.82) is 10.5 Å². The molecule has 0 unspecified atom stereocenters. The molecule has 0 heterocycles. The Morgan fingerprint density at radius 2 is 2.14 bits per heavy atom. The quantitative estimate of drug-likeness (QED) is 0.471. The van der Waals surface area contributed by atoms with Gasteiger partial charge >= 0.3 is 0 Å². The molecule has 0 aromatic carbocycles. The van der Waals surface area contributed by atoms with Crippen molar-refractivity contribution < 1.29 is 4.79 Å². The van der Waals surface area contributed by atoms with E-state index >= 15 is 0 Å². The zero-order valence-electron chi connectivity index (χ0n) is 8.29. The fraction of sp³-hybridized carbons (Fsp3) is 0.667. The van der Waals surface area contributed by atoms with Crippen LogP contribution in [0.3, 0.4) is 0 Å². The van der Waals surface area contributed by atoms with Crippen LogP contribution in [0.5, 0.6) is 0 Å². The fourth-order valence-corrected chi connectivity index (χ4v) is 0.896. The van der Waals surface area contributed by atoms with Gasteiger partial charge in [-0.15, -0.1) is 0 Å². The normalized spacial score (nSPS) is 9.14. The highest BCUT2D eigenvalue weighted by Gasteiger charge is 2.07. The number of carbonyl (C=O) groups is 1. The summed E-state index contributed by atoms with van der Waals surface area (Å²) in [5.41, 5.74) is 0. The number of hydrogen-bond acceptors (Lipinski definition) is 4. The van der Waals surface area contributed by atoms with Gasteiger partial charge < -0.3 is 5.32 Å². The molecule has 1 N–H and O–H groups in total. The zero-order chi connectivity index (χ0) is 10.8. The monoisotopic (exact) mass is 194 g/mol. The molecule has 0 rings (SSSR count). The number of hydrogen-bond donors (Lipinski definition) is 1. The van der Waals surface area contributed by atoms with E-state index in [4.69, 9.17) is 10.5 Å². The van der Waals surface area contributed by atoms with E-state index in [1.165, 1.54) is 0 Å². The Kier molecular flexibility index (Phi) is 7.12. The second-order valence-corrected chi connectivity index (χ2v) is 2.72. The van der Waals surface area contributed by atoms with E-state index in [9.17, 15) is 4.79 Å². The Balaban J connectivity index is 3.70. The molecule has 0 bridgehead atoms. The fourth-order valence-electron chi connectivity index (χ4n) is 0.896. The topological polar surface area (TPSA) is 79.9 Å². The van der Waals surface area contributed by atoms with Crippen molar-refractivity contribution in [1.82, 2.24) is 10.2 Å². The van der Waals surface area contributed by atoms with Gasteiger partial charge in [-0.2, -0.15) is 10.5 Å². The summed E-state index contributed by atoms with van der Waals surface area (Å²) >= 11 is 0. The van der Waals surface area contributed by atoms with Crippen LogP contribution in [0.1, 0.15) is 13.3 Å². The Labute approximate surface area is 83.9 Å². The van der Waals surface area contributed by atoms with Gasteiger partial charge in [0.25, 0.3) is 0 Å². The van der Waals surface area contributed by atoms with Crippen molar-refractivity contribution in [3.63, 3.8) is 0 Å². The summed E-state index contributed by atoms with van der Waals surface area (Å²) in [6, 6.07) is 3.92. The highest BCUT2D eigenvalue weighted by atomic mass is 16.2. The van der Waals surface area contributed by atoms with E-state index in [2.05, 4.69) is 5.32 Å². The molecule has 14 heavy (non-hydrogen) atoms. The summed E-state index contributed by atoms with van der Waals surface area (Å²) in [6.07, 6.45) is 0.316. The molecule has 0 aliphatic rings. The molecular weight excluding hydrogens is 180 g/mol. The second kappa shape index (κ2) is 8.03. The minimum atomic E-state index is -0.141. The van der Waals surface area contributed by atoms with Crippen LogP contribution in [0.4, 0.5) is 0 Å². The Morgan fingerprint density at radius 1 is 1.43 bits per heavy atom. The molecule has 0 aromatic heterocycles. The van der Waals surface area contributed by atoms with Gasteiger partial charge in [0.05, 0.1) is 31.6 Å². The number of likely N-dealkylation sites (N-methyl/N-ethyl adjacent to an activating group) is 1. The Bertz CT molecular complexity index is 251. The maximum atomic E-state index is 11.2. The lowest BCUT2D eigenvalue weighted by Gasteiger charge is -2.15. The number of nitriles is 2. The summed E-state index contributed by atoms with van der Waals surface area (Å²) in [4.78, 5) is 12.9. The summed E-state index contributed by atoms with van der Waals surface area (Å²) in [6.45, 7) is 3.40. The lowest BCUT2D eigenvalue weighted by Crippen LogP contribution is -2.37. The number of rotatable bonds is 6. The highest BCUT2D eigenvalue weighted by molar-refractivity contribution is 5.78. The van der Waals surface area contributed by atoms with Crippen LogP contribution < -0.4 is 5.32 Å². The minimum Gasteiger partial charge on any atom is -0.354 e. The van der Waals surface area contributed by atoms with Gasteiger partial charge in [-0.25, -0.2) is 0 Å². The lowest BCUT2D eigenvalue weighted by molar-refractivity contribution is -0.122. The van der Waals surface area contributed by atoms with Gasteiger partial charge in [0.2, 0.25) is 5.91 Å². The Hall–Kier alpha value is -1.59. The maximum absolute atomic E-state index is 11.2. The van der Waals surface area contributed by atoms with Crippen molar-refractivity contribution in [2.45, 2.75) is 13.3 Å². The first-order valence-corrected chi connectivity index (χ1v) is 4.47. The van der Waals surface area contributed by atoms with Crippen LogP contribution >= 0.6 is 0 Å². The van der Waals surface area contributed by atoms with Crippen LogP contribution in [0.2, 0.25) is 0 Å². The van der Waals surface area contributed by atoms with E-state index in [-0.39, 0.29) is 19.0 Å². The van der Waals surface area contributed by atoms with E-state index in [0.29, 0.717) is 19.5 Å². The molecule has 0 aliphatic carbocycles. The van der Waals surface area contributed by atoms with E-state index < -0.39 is 0 Å². The molecule has 1 amide bonds. The summed E-state index contributed by atoms with van der Waals surface area (Å²) in [5.74, 6) is -0.141. The van der Waals surface area contributed by atoms with Crippen LogP contribution in [0.25, 0.3) is 0 Å². The summed E-state index contributed by atoms with van der Waals surface area (Å²) in [5, 5.41) is 19.3. The highest BCUT2D eigenvalue weighted by Crippen LogP contribution is 1.85. The first kappa shape index (κ1) is 12.4. The van der Waals surface area contributed by atoms with E-state index in [1.54, 1.807) is 4.90 Å². The molecule has 5 nitrogen and oxygen atoms in total. The zero-order valence-corrected chi connectivity index (χ0v) is 8.29. The van der Waals surface area contributed by atoms with Crippen molar-refractivity contribution in [2.24, 2.45) is 0 Å². The molecule has 0 spiro atoms. The van der Waals surface area contributed by atoms with Crippen LogP contribution in [-0.4, -0.2) is 37.0 Å². The first-order chi connectivity index (χ1) is 6.74. The molecule has 0 radical (unpaired) electrons. The van der Waals surface area contributed by atoms with Gasteiger partial charge in [0, 0.05) is 6.54 Å². The lowest BCUT2D eigenvalue weighted by atomic mass is 10.4. The molecule has 0 atom stereocenters. The van der Waals surface area contributed by atoms with Gasteiger partial charge in [-0.1, -0.05) is 6.92 Å². The summed E-state index contributed by atoms with van der Waals surface area (Å²) in [7, 11) is 0. The molecule has 0 aliphatic heterocycles. The van der Waals surface area contributed by atoms with Crippen LogP contribution in [0, 0.1) is 22.7 Å². The predicted molar refractivity (Wildman–Crippen MR) is 51.0 cm³/mol. The molecule has 5 heteroatoms. The molecule has 76 valence electrons. The van der Waals surface area contributed by atoms with E-state index in [1.807, 2.05) is 19.1 Å². The molecule has 0 saturated carbocycles. The Morgan fingerprint density at radius 3 is 2.64 bits per heavy atom. The van der Waals surface area contributed by atoms with Crippen molar-refractivity contribution >= 4 is 5.91 Å². The number of nitrogens with zero attached hydrogens (tertiary/aromatic N) is 3. The predicted octanol–water partition coefficient (Wildman–Crippen LogP) is -0.138. The maximum Gasteiger partial charge on any atom is 0.234 e. The summed E-state index contributed by atoms with van der Waals surface area (Å²) < 4.78 is 0. The minimum absolute atomic E-state index is 0.141. The second-order valence-electron chi connectivity index (χ2n) is 2.72. The standard InChI is InChI=1S/C9H14N4O/c1-2-13(7-5-11)8-9(14)12-6-3-4-10/h2-3,6-8H2,1H3,(H,12,14). The van der Waals surface area contributed by atoms with Crippen molar-refractivity contribution in [3.8, 4) is 12.1 Å². The van der Waals surface area contributed by atoms with Gasteiger partial charge in [0.15, 0.2) is 0 Å². The molecular formula is C9H14N4O. The first-order valence-electron chi connectivity index (χ1n) is 4.47. The molecule has 0 aromatic rings. The van der Waals surface area contributed by atoms with Gasteiger partial charge in [0.1, 0.15) is 0 Å². The molecule has 0 saturated heterocycles. The van der Waals surface area contributed by atoms with Crippen LogP contribution in [-0.2, 0) is 4.79 Å².